The molecule has 2 saturated carbocycles. The number of likely N-dealkylation sites (tertiary alicyclic amines) is 1. The molecule has 1 saturated heterocycles. The van der Waals surface area contributed by atoms with Crippen molar-refractivity contribution in [2.45, 2.75) is 101 Å². The number of nitrogens with zero attached hydrogens (tertiary/aromatic N) is 4. The Labute approximate surface area is 262 Å². The van der Waals surface area contributed by atoms with Crippen molar-refractivity contribution >= 4 is 40.2 Å². The lowest BCUT2D eigenvalue weighted by atomic mass is 9.78. The van der Waals surface area contributed by atoms with Crippen LogP contribution >= 0.6 is 0 Å². The zero-order chi connectivity index (χ0) is 32.0. The maximum atomic E-state index is 14.3. The predicted molar refractivity (Wildman–Crippen MR) is 168 cm³/mol. The first-order valence-electron chi connectivity index (χ1n) is 16.0. The van der Waals surface area contributed by atoms with E-state index < -0.39 is 53.1 Å². The SMILES string of the molecule is [N-]=[N+]=NC1CC(C(=O)NC2(C(=O)C(N)=O)CCCCC2)N(C(=O)[C@@H](CC2CCCCC2)NC(=O)c2ccc3ccccc3c2)C1. The van der Waals surface area contributed by atoms with E-state index in [1.54, 1.807) is 12.1 Å². The van der Waals surface area contributed by atoms with Crippen LogP contribution in [0, 0.1) is 5.92 Å². The zero-order valence-corrected chi connectivity index (χ0v) is 25.5. The topological polar surface area (TPSA) is 187 Å². The van der Waals surface area contributed by atoms with Gasteiger partial charge >= 0.3 is 0 Å². The molecule has 4 N–H and O–H groups in total. The number of primary amides is 1. The molecule has 3 atom stereocenters. The van der Waals surface area contributed by atoms with E-state index in [9.17, 15) is 24.0 Å². The molecule has 238 valence electrons. The summed E-state index contributed by atoms with van der Waals surface area (Å²) in [6.07, 6.45) is 8.26. The van der Waals surface area contributed by atoms with Crippen molar-refractivity contribution in [2.24, 2.45) is 16.8 Å². The number of hydrogen-bond acceptors (Lipinski definition) is 6. The molecule has 45 heavy (non-hydrogen) atoms. The van der Waals surface area contributed by atoms with Crippen LogP contribution in [0.2, 0.25) is 0 Å². The number of carbonyl (C=O) groups is 5. The predicted octanol–water partition coefficient (Wildman–Crippen LogP) is 4.06. The highest BCUT2D eigenvalue weighted by molar-refractivity contribution is 6.39. The van der Waals surface area contributed by atoms with Gasteiger partial charge in [-0.25, -0.2) is 0 Å². The molecular weight excluding hydrogens is 574 g/mol. The van der Waals surface area contributed by atoms with E-state index in [0.717, 1.165) is 49.3 Å². The molecule has 3 aliphatic rings. The number of amides is 4. The summed E-state index contributed by atoms with van der Waals surface area (Å²) in [6, 6.07) is 10.4. The summed E-state index contributed by atoms with van der Waals surface area (Å²) in [5.74, 6) is -3.18. The van der Waals surface area contributed by atoms with Gasteiger partial charge in [0, 0.05) is 17.0 Å². The number of azide groups is 1. The molecule has 0 aromatic heterocycles. The van der Waals surface area contributed by atoms with E-state index in [-0.39, 0.29) is 31.7 Å². The third-order valence-electron chi connectivity index (χ3n) is 9.72. The summed E-state index contributed by atoms with van der Waals surface area (Å²) in [4.78, 5) is 70.9. The number of rotatable bonds is 10. The Bertz CT molecular complexity index is 1510. The van der Waals surface area contributed by atoms with Gasteiger partial charge in [-0.15, -0.1) is 0 Å². The molecule has 5 rings (SSSR count). The molecule has 1 aliphatic heterocycles. The Morgan fingerprint density at radius 3 is 2.36 bits per heavy atom. The Hall–Kier alpha value is -4.44. The Kier molecular flexibility index (Phi) is 10.0. The summed E-state index contributed by atoms with van der Waals surface area (Å²) in [5.41, 5.74) is 13.5. The van der Waals surface area contributed by atoms with Crippen molar-refractivity contribution in [1.82, 2.24) is 15.5 Å². The fourth-order valence-corrected chi connectivity index (χ4v) is 7.33. The first-order chi connectivity index (χ1) is 21.7. The third-order valence-corrected chi connectivity index (χ3v) is 9.72. The quantitative estimate of drug-likeness (QED) is 0.157. The second-order valence-electron chi connectivity index (χ2n) is 12.8. The molecule has 4 amide bonds. The van der Waals surface area contributed by atoms with Crippen molar-refractivity contribution < 1.29 is 24.0 Å². The van der Waals surface area contributed by atoms with Crippen LogP contribution in [0.4, 0.5) is 0 Å². The Morgan fingerprint density at radius 1 is 0.978 bits per heavy atom. The van der Waals surface area contributed by atoms with Crippen LogP contribution in [0.25, 0.3) is 21.2 Å². The monoisotopic (exact) mass is 615 g/mol. The second-order valence-corrected chi connectivity index (χ2v) is 12.8. The number of ketones is 1. The van der Waals surface area contributed by atoms with E-state index in [1.165, 1.54) is 4.90 Å². The Balaban J connectivity index is 1.41. The molecule has 2 aromatic carbocycles. The van der Waals surface area contributed by atoms with Crippen LogP contribution in [-0.4, -0.2) is 64.5 Å². The van der Waals surface area contributed by atoms with Gasteiger partial charge in [-0.05, 0) is 60.0 Å². The third kappa shape index (κ3) is 7.28. The molecule has 1 heterocycles. The molecule has 2 aromatic rings. The summed E-state index contributed by atoms with van der Waals surface area (Å²) in [6.45, 7) is -0.00917. The summed E-state index contributed by atoms with van der Waals surface area (Å²) < 4.78 is 0. The minimum absolute atomic E-state index is 0.00917. The molecule has 0 bridgehead atoms. The number of nitrogens with one attached hydrogen (secondary N) is 2. The van der Waals surface area contributed by atoms with Gasteiger partial charge in [0.25, 0.3) is 11.8 Å². The van der Waals surface area contributed by atoms with Gasteiger partial charge in [-0.2, -0.15) is 0 Å². The molecule has 12 nitrogen and oxygen atoms in total. The van der Waals surface area contributed by atoms with Crippen molar-refractivity contribution in [1.29, 1.82) is 0 Å². The number of fused-ring (bicyclic) bond motifs is 1. The number of Topliss-reactive ketones (excluding diaryl/α,β-unsaturated/α-hetero) is 1. The van der Waals surface area contributed by atoms with Crippen LogP contribution in [0.15, 0.2) is 47.6 Å². The highest BCUT2D eigenvalue weighted by Gasteiger charge is 2.48. The lowest BCUT2D eigenvalue weighted by Gasteiger charge is -2.38. The fraction of sp³-hybridized carbons (Fsp3) is 0.545. The van der Waals surface area contributed by atoms with Crippen molar-refractivity contribution in [3.05, 3.63) is 58.5 Å². The van der Waals surface area contributed by atoms with Crippen LogP contribution in [-0.2, 0) is 19.2 Å². The average molecular weight is 616 g/mol. The number of hydrogen-bond donors (Lipinski definition) is 3. The first kappa shape index (κ1) is 32.0. The number of benzene rings is 2. The molecule has 0 spiro atoms. The maximum Gasteiger partial charge on any atom is 0.287 e. The van der Waals surface area contributed by atoms with Crippen molar-refractivity contribution in [3.8, 4) is 0 Å². The largest absolute Gasteiger partial charge is 0.363 e. The lowest BCUT2D eigenvalue weighted by molar-refractivity contribution is -0.145. The standard InChI is InChI=1S/C33H41N7O5/c34-29(42)28(41)33(15-7-2-8-16-33)37-31(44)27-19-25(38-39-35)20-40(27)32(45)26(17-21-9-3-1-4-10-21)36-30(43)24-14-13-22-11-5-6-12-23(22)18-24/h5-6,11-14,18,21,25-27H,1-4,7-10,15-17,19-20H2,(H2,34,42)(H,36,43)(H,37,44)/t25?,26-,27?/m1/s1. The van der Waals surface area contributed by atoms with E-state index in [1.807, 2.05) is 30.3 Å². The molecule has 12 heteroatoms. The van der Waals surface area contributed by atoms with Crippen LogP contribution in [0.3, 0.4) is 0 Å². The maximum absolute atomic E-state index is 14.3. The Morgan fingerprint density at radius 2 is 1.67 bits per heavy atom. The number of carbonyl (C=O) groups excluding carboxylic acids is 5. The first-order valence-corrected chi connectivity index (χ1v) is 16.0. The zero-order valence-electron chi connectivity index (χ0n) is 25.5. The normalized spacial score (nSPS) is 22.2. The van der Waals surface area contributed by atoms with Gasteiger partial charge < -0.3 is 21.3 Å². The van der Waals surface area contributed by atoms with Crippen LogP contribution in [0.1, 0.15) is 87.4 Å². The summed E-state index contributed by atoms with van der Waals surface area (Å²) in [5, 5.41) is 11.5. The average Bonchev–Trinajstić information content (AvgIpc) is 3.48. The van der Waals surface area contributed by atoms with Crippen molar-refractivity contribution in [3.63, 3.8) is 0 Å². The molecule has 3 fully saturated rings. The van der Waals surface area contributed by atoms with Crippen LogP contribution < -0.4 is 16.4 Å². The summed E-state index contributed by atoms with van der Waals surface area (Å²) in [7, 11) is 0. The van der Waals surface area contributed by atoms with E-state index in [4.69, 9.17) is 11.3 Å². The van der Waals surface area contributed by atoms with E-state index in [0.29, 0.717) is 24.8 Å². The fourth-order valence-electron chi connectivity index (χ4n) is 7.33. The van der Waals surface area contributed by atoms with Crippen molar-refractivity contribution in [2.75, 3.05) is 6.54 Å². The number of nitrogens with two attached hydrogens (primary N) is 1. The summed E-state index contributed by atoms with van der Waals surface area (Å²) >= 11 is 0. The minimum Gasteiger partial charge on any atom is -0.363 e. The van der Waals surface area contributed by atoms with Gasteiger partial charge in [0.1, 0.15) is 17.6 Å². The van der Waals surface area contributed by atoms with E-state index >= 15 is 0 Å². The van der Waals surface area contributed by atoms with Gasteiger partial charge in [-0.3, -0.25) is 24.0 Å². The smallest absolute Gasteiger partial charge is 0.287 e. The van der Waals surface area contributed by atoms with Gasteiger partial charge in [0.2, 0.25) is 17.6 Å². The van der Waals surface area contributed by atoms with Gasteiger partial charge in [0.15, 0.2) is 0 Å². The second kappa shape index (κ2) is 14.1. The highest BCUT2D eigenvalue weighted by Crippen LogP contribution is 2.32. The lowest BCUT2D eigenvalue weighted by Crippen LogP contribution is -2.62. The molecule has 2 aliphatic carbocycles. The highest BCUT2D eigenvalue weighted by atomic mass is 16.2. The van der Waals surface area contributed by atoms with E-state index in [2.05, 4.69) is 20.7 Å². The molecule has 2 unspecified atom stereocenters. The molecule has 0 radical (unpaired) electrons. The van der Waals surface area contributed by atoms with Crippen LogP contribution in [0.5, 0.6) is 0 Å². The van der Waals surface area contributed by atoms with Gasteiger partial charge in [-0.1, -0.05) is 86.8 Å². The minimum atomic E-state index is -1.43. The molecular formula is C33H41N7O5. The van der Waals surface area contributed by atoms with Gasteiger partial charge in [0.05, 0.1) is 6.04 Å².